The first-order chi connectivity index (χ1) is 11.6. The maximum Gasteiger partial charge on any atom is 0.227 e. The number of hydrogen-bond donors (Lipinski definition) is 2. The van der Waals surface area contributed by atoms with Crippen LogP contribution in [-0.2, 0) is 22.4 Å². The van der Waals surface area contributed by atoms with E-state index in [2.05, 4.69) is 16.7 Å². The zero-order chi connectivity index (χ0) is 16.9. The highest BCUT2D eigenvalue weighted by Gasteiger charge is 2.17. The lowest BCUT2D eigenvalue weighted by molar-refractivity contribution is -0.127. The van der Waals surface area contributed by atoms with Gasteiger partial charge in [-0.05, 0) is 44.2 Å². The predicted octanol–water partition coefficient (Wildman–Crippen LogP) is 2.62. The van der Waals surface area contributed by atoms with Gasteiger partial charge in [-0.25, -0.2) is 0 Å². The molecule has 126 valence electrons. The number of rotatable bonds is 6. The van der Waals surface area contributed by atoms with Crippen molar-refractivity contribution in [3.8, 4) is 0 Å². The van der Waals surface area contributed by atoms with Crippen LogP contribution in [0.5, 0.6) is 0 Å². The fourth-order valence-electron chi connectivity index (χ4n) is 3.25. The number of aryl methyl sites for hydroxylation is 1. The second-order valence-corrected chi connectivity index (χ2v) is 6.29. The molecule has 0 aliphatic heterocycles. The van der Waals surface area contributed by atoms with E-state index in [1.54, 1.807) is 0 Å². The minimum Gasteiger partial charge on any atom is -0.382 e. The fraction of sp³-hybridized carbons (Fsp3) is 0.421. The van der Waals surface area contributed by atoms with Crippen molar-refractivity contribution in [1.82, 2.24) is 10.3 Å². The molecular formula is C19H23N3O2. The number of para-hydroxylation sites is 1. The number of hydrogen-bond acceptors (Lipinski definition) is 4. The van der Waals surface area contributed by atoms with Gasteiger partial charge in [-0.3, -0.25) is 14.6 Å². The van der Waals surface area contributed by atoms with Gasteiger partial charge in [0.15, 0.2) is 0 Å². The number of benzene rings is 1. The van der Waals surface area contributed by atoms with Crippen LogP contribution in [0, 0.1) is 0 Å². The summed E-state index contributed by atoms with van der Waals surface area (Å²) in [6, 6.07) is 8.17. The van der Waals surface area contributed by atoms with Crippen molar-refractivity contribution in [1.29, 1.82) is 0 Å². The van der Waals surface area contributed by atoms with Crippen molar-refractivity contribution >= 4 is 28.3 Å². The molecule has 1 heterocycles. The van der Waals surface area contributed by atoms with E-state index in [4.69, 9.17) is 4.98 Å². The first-order valence-corrected chi connectivity index (χ1v) is 8.55. The number of amides is 1. The average molecular weight is 325 g/mol. The van der Waals surface area contributed by atoms with Crippen LogP contribution in [0.1, 0.15) is 37.4 Å². The van der Waals surface area contributed by atoms with Gasteiger partial charge in [0.05, 0.1) is 11.9 Å². The molecule has 24 heavy (non-hydrogen) atoms. The summed E-state index contributed by atoms with van der Waals surface area (Å²) < 4.78 is 0. The lowest BCUT2D eigenvalue weighted by Gasteiger charge is -2.21. The molecule has 1 aliphatic rings. The van der Waals surface area contributed by atoms with Crippen LogP contribution in [0.2, 0.25) is 0 Å². The van der Waals surface area contributed by atoms with Gasteiger partial charge in [-0.2, -0.15) is 0 Å². The SMILES string of the molecule is CC(=O)CC(=O)NCCNc1c2c(nc3ccccc13)CCCC2. The van der Waals surface area contributed by atoms with Crippen LogP contribution < -0.4 is 10.6 Å². The normalized spacial score (nSPS) is 13.4. The van der Waals surface area contributed by atoms with E-state index >= 15 is 0 Å². The minimum absolute atomic E-state index is 0.0480. The number of carbonyl (C=O) groups is 2. The van der Waals surface area contributed by atoms with Crippen molar-refractivity contribution in [3.05, 3.63) is 35.5 Å². The van der Waals surface area contributed by atoms with Gasteiger partial charge >= 0.3 is 0 Å². The number of Topliss-reactive ketones (excluding diaryl/α,β-unsaturated/α-hetero) is 1. The van der Waals surface area contributed by atoms with Gasteiger partial charge in [0.2, 0.25) is 5.91 Å². The molecule has 0 fully saturated rings. The molecule has 0 saturated carbocycles. The summed E-state index contributed by atoms with van der Waals surface area (Å²) in [5.41, 5.74) is 4.68. The minimum atomic E-state index is -0.217. The smallest absolute Gasteiger partial charge is 0.227 e. The van der Waals surface area contributed by atoms with E-state index in [0.717, 1.165) is 29.4 Å². The van der Waals surface area contributed by atoms with E-state index < -0.39 is 0 Å². The second-order valence-electron chi connectivity index (χ2n) is 6.29. The molecule has 3 rings (SSSR count). The van der Waals surface area contributed by atoms with E-state index in [0.29, 0.717) is 13.1 Å². The molecule has 1 aromatic carbocycles. The molecule has 5 nitrogen and oxygen atoms in total. The molecule has 0 spiro atoms. The standard InChI is InChI=1S/C19H23N3O2/c1-13(23)12-18(24)20-10-11-21-19-14-6-2-4-8-16(14)22-17-9-5-3-7-15(17)19/h2,4,6,8H,3,5,7,9-12H2,1H3,(H,20,24)(H,21,22). The van der Waals surface area contributed by atoms with Gasteiger partial charge in [0.1, 0.15) is 5.78 Å². The van der Waals surface area contributed by atoms with Crippen LogP contribution in [0.4, 0.5) is 5.69 Å². The third kappa shape index (κ3) is 3.72. The second kappa shape index (κ2) is 7.43. The number of nitrogens with one attached hydrogen (secondary N) is 2. The molecule has 2 aromatic rings. The molecular weight excluding hydrogens is 302 g/mol. The summed E-state index contributed by atoms with van der Waals surface area (Å²) in [6.45, 7) is 2.55. The van der Waals surface area contributed by atoms with E-state index in [9.17, 15) is 9.59 Å². The Labute approximate surface area is 141 Å². The zero-order valence-electron chi connectivity index (χ0n) is 14.0. The third-order valence-corrected chi connectivity index (χ3v) is 4.33. The number of anilines is 1. The Hall–Kier alpha value is -2.43. The summed E-state index contributed by atoms with van der Waals surface area (Å²) in [4.78, 5) is 27.3. The highest BCUT2D eigenvalue weighted by Crippen LogP contribution is 2.32. The van der Waals surface area contributed by atoms with Crippen molar-refractivity contribution < 1.29 is 9.59 Å². The summed E-state index contributed by atoms with van der Waals surface area (Å²) in [5.74, 6) is -0.333. The predicted molar refractivity (Wildman–Crippen MR) is 95.2 cm³/mol. The summed E-state index contributed by atoms with van der Waals surface area (Å²) in [5, 5.41) is 7.39. The molecule has 0 bridgehead atoms. The lowest BCUT2D eigenvalue weighted by Crippen LogP contribution is -2.30. The average Bonchev–Trinajstić information content (AvgIpc) is 2.57. The van der Waals surface area contributed by atoms with E-state index in [1.807, 2.05) is 18.2 Å². The van der Waals surface area contributed by atoms with Crippen LogP contribution in [-0.4, -0.2) is 29.8 Å². The molecule has 0 unspecified atom stereocenters. The maximum atomic E-state index is 11.5. The van der Waals surface area contributed by atoms with Gasteiger partial charge in [-0.15, -0.1) is 0 Å². The van der Waals surface area contributed by atoms with Crippen LogP contribution >= 0.6 is 0 Å². The van der Waals surface area contributed by atoms with Gasteiger partial charge in [0.25, 0.3) is 0 Å². The summed E-state index contributed by atoms with van der Waals surface area (Å²) in [6.07, 6.45) is 4.42. The third-order valence-electron chi connectivity index (χ3n) is 4.33. The molecule has 1 amide bonds. The monoisotopic (exact) mass is 325 g/mol. The summed E-state index contributed by atoms with van der Waals surface area (Å²) >= 11 is 0. The quantitative estimate of drug-likeness (QED) is 0.633. The first kappa shape index (κ1) is 16.4. The van der Waals surface area contributed by atoms with Gasteiger partial charge in [-0.1, -0.05) is 18.2 Å². The van der Waals surface area contributed by atoms with Crippen molar-refractivity contribution in [2.24, 2.45) is 0 Å². The first-order valence-electron chi connectivity index (χ1n) is 8.55. The molecule has 1 aliphatic carbocycles. The van der Waals surface area contributed by atoms with E-state index in [-0.39, 0.29) is 18.1 Å². The van der Waals surface area contributed by atoms with E-state index in [1.165, 1.54) is 31.0 Å². The topological polar surface area (TPSA) is 71.1 Å². The Kier molecular flexibility index (Phi) is 5.08. The van der Waals surface area contributed by atoms with Crippen LogP contribution in [0.25, 0.3) is 10.9 Å². The number of pyridine rings is 1. The number of fused-ring (bicyclic) bond motifs is 2. The molecule has 0 radical (unpaired) electrons. The maximum absolute atomic E-state index is 11.5. The molecule has 0 saturated heterocycles. The van der Waals surface area contributed by atoms with Crippen molar-refractivity contribution in [3.63, 3.8) is 0 Å². The van der Waals surface area contributed by atoms with Crippen LogP contribution in [0.3, 0.4) is 0 Å². The van der Waals surface area contributed by atoms with Gasteiger partial charge in [0, 0.05) is 29.9 Å². The number of nitrogens with zero attached hydrogens (tertiary/aromatic N) is 1. The molecule has 5 heteroatoms. The lowest BCUT2D eigenvalue weighted by atomic mass is 9.92. The highest BCUT2D eigenvalue weighted by atomic mass is 16.2. The van der Waals surface area contributed by atoms with Gasteiger partial charge < -0.3 is 10.6 Å². The molecule has 2 N–H and O–H groups in total. The molecule has 1 aromatic heterocycles. The Bertz CT molecular complexity index is 771. The number of aromatic nitrogens is 1. The Morgan fingerprint density at radius 1 is 1.12 bits per heavy atom. The zero-order valence-corrected chi connectivity index (χ0v) is 14.0. The van der Waals surface area contributed by atoms with Crippen LogP contribution in [0.15, 0.2) is 24.3 Å². The Balaban J connectivity index is 1.73. The van der Waals surface area contributed by atoms with Crippen molar-refractivity contribution in [2.75, 3.05) is 18.4 Å². The Morgan fingerprint density at radius 3 is 2.75 bits per heavy atom. The van der Waals surface area contributed by atoms with Crippen molar-refractivity contribution in [2.45, 2.75) is 39.0 Å². The highest BCUT2D eigenvalue weighted by molar-refractivity contribution is 5.97. The summed E-state index contributed by atoms with van der Waals surface area (Å²) in [7, 11) is 0. The fourth-order valence-corrected chi connectivity index (χ4v) is 3.25. The number of carbonyl (C=O) groups excluding carboxylic acids is 2. The molecule has 0 atom stereocenters. The largest absolute Gasteiger partial charge is 0.382 e. The Morgan fingerprint density at radius 2 is 1.92 bits per heavy atom. The number of ketones is 1.